The van der Waals surface area contributed by atoms with Crippen LogP contribution in [-0.4, -0.2) is 53.2 Å². The van der Waals surface area contributed by atoms with Gasteiger partial charge in [0.2, 0.25) is 5.28 Å². The van der Waals surface area contributed by atoms with Gasteiger partial charge < -0.3 is 24.6 Å². The van der Waals surface area contributed by atoms with Gasteiger partial charge in [0, 0.05) is 6.42 Å². The molecule has 18 heavy (non-hydrogen) atoms. The number of ether oxygens (including phenoxy) is 2. The number of hydrogen-bond acceptors (Lipinski definition) is 7. The second-order valence-electron chi connectivity index (χ2n) is 3.21. The topological polar surface area (TPSA) is 124 Å². The first-order chi connectivity index (χ1) is 8.56. The lowest BCUT2D eigenvalue weighted by molar-refractivity contribution is -0.729. The Balaban J connectivity index is 2.26. The summed E-state index contributed by atoms with van der Waals surface area (Å²) >= 11 is 0. The molecule has 0 bridgehead atoms. The first kappa shape index (κ1) is 13.8. The number of hydrazine groups is 1. The van der Waals surface area contributed by atoms with E-state index in [1.54, 1.807) is 6.92 Å². The van der Waals surface area contributed by atoms with Gasteiger partial charge in [0.05, 0.1) is 18.1 Å². The van der Waals surface area contributed by atoms with Gasteiger partial charge in [0.15, 0.2) is 6.04 Å². The van der Waals surface area contributed by atoms with Crippen LogP contribution in [0.25, 0.3) is 0 Å². The molecule has 1 atom stereocenters. The lowest BCUT2D eigenvalue weighted by Crippen LogP contribution is -2.55. The predicted octanol–water partition coefficient (Wildman–Crippen LogP) is 0.0850. The van der Waals surface area contributed by atoms with Gasteiger partial charge >= 0.3 is 12.1 Å². The molecule has 0 aromatic heterocycles. The molecule has 1 heterocycles. The lowest BCUT2D eigenvalue weighted by atomic mass is 10.1. The van der Waals surface area contributed by atoms with Gasteiger partial charge in [-0.2, -0.15) is 0 Å². The maximum atomic E-state index is 11.2. The molecule has 10 nitrogen and oxygen atoms in total. The van der Waals surface area contributed by atoms with E-state index in [2.05, 4.69) is 19.6 Å². The van der Waals surface area contributed by atoms with Crippen molar-refractivity contribution in [2.75, 3.05) is 19.9 Å². The van der Waals surface area contributed by atoms with Crippen molar-refractivity contribution in [3.8, 4) is 0 Å². The van der Waals surface area contributed by atoms with Crippen molar-refractivity contribution < 1.29 is 34.0 Å². The Morgan fingerprint density at radius 2 is 2.28 bits per heavy atom. The lowest BCUT2D eigenvalue weighted by Gasteiger charge is -2.31. The number of aliphatic carboxylic acids is 1. The van der Waals surface area contributed by atoms with Gasteiger partial charge in [-0.1, -0.05) is 0 Å². The molecule has 1 rings (SSSR count). The molecule has 1 N–H and O–H groups in total. The second-order valence-corrected chi connectivity index (χ2v) is 3.21. The first-order valence-electron chi connectivity index (χ1n) is 5.15. The van der Waals surface area contributed by atoms with Crippen molar-refractivity contribution in [3.05, 3.63) is 5.21 Å². The molecule has 1 unspecified atom stereocenters. The highest BCUT2D eigenvalue weighted by Gasteiger charge is 2.41. The highest BCUT2D eigenvalue weighted by molar-refractivity contribution is 5.74. The van der Waals surface area contributed by atoms with Crippen LogP contribution >= 0.6 is 0 Å². The van der Waals surface area contributed by atoms with E-state index in [0.717, 1.165) is 5.01 Å². The molecule has 0 saturated carbocycles. The number of hydrogen-bond donors (Lipinski definition) is 1. The first-order valence-corrected chi connectivity index (χ1v) is 5.15. The molecule has 0 spiro atoms. The number of carboxylic acids is 1. The fourth-order valence-corrected chi connectivity index (χ4v) is 1.18. The molecule has 1 aliphatic rings. The average Bonchev–Trinajstić information content (AvgIpc) is 2.22. The van der Waals surface area contributed by atoms with E-state index in [0.29, 0.717) is 6.42 Å². The summed E-state index contributed by atoms with van der Waals surface area (Å²) in [7, 11) is 0. The van der Waals surface area contributed by atoms with Crippen molar-refractivity contribution in [1.82, 2.24) is 5.01 Å². The van der Waals surface area contributed by atoms with Crippen LogP contribution < -0.4 is 0 Å². The van der Waals surface area contributed by atoms with Crippen LogP contribution in [0.5, 0.6) is 0 Å². The normalized spacial score (nSPS) is 18.8. The molecule has 1 fully saturated rings. The zero-order valence-corrected chi connectivity index (χ0v) is 9.64. The number of carbonyl (C=O) groups excluding carboxylic acids is 1. The van der Waals surface area contributed by atoms with E-state index in [9.17, 15) is 14.8 Å². The summed E-state index contributed by atoms with van der Waals surface area (Å²) < 4.78 is 8.78. The minimum Gasteiger partial charge on any atom is -0.569 e. The standard InChI is InChI=1S/C8H13N3O7/c1-2-16-8(14)17-5-18-9-11(15)10-4-3-6(10)7(12)13/h6H,2-5H2,1H3,(H,12,13). The van der Waals surface area contributed by atoms with Crippen LogP contribution in [0, 0.1) is 5.21 Å². The van der Waals surface area contributed by atoms with Crippen molar-refractivity contribution >= 4 is 12.1 Å². The van der Waals surface area contributed by atoms with E-state index in [4.69, 9.17) is 5.11 Å². The van der Waals surface area contributed by atoms with Crippen molar-refractivity contribution in [3.63, 3.8) is 0 Å². The average molecular weight is 263 g/mol. The summed E-state index contributed by atoms with van der Waals surface area (Å²) in [5.74, 6) is -1.11. The summed E-state index contributed by atoms with van der Waals surface area (Å²) in [4.78, 5) is 25.7. The van der Waals surface area contributed by atoms with E-state index in [1.807, 2.05) is 0 Å². The van der Waals surface area contributed by atoms with Gasteiger partial charge in [-0.15, -0.1) is 5.01 Å². The smallest absolute Gasteiger partial charge is 0.511 e. The van der Waals surface area contributed by atoms with Gasteiger partial charge in [0.25, 0.3) is 6.79 Å². The van der Waals surface area contributed by atoms with Crippen LogP contribution in [0.4, 0.5) is 4.79 Å². The van der Waals surface area contributed by atoms with Crippen LogP contribution in [0.1, 0.15) is 13.3 Å². The Bertz CT molecular complexity index is 346. The van der Waals surface area contributed by atoms with E-state index < -0.39 is 25.0 Å². The molecule has 102 valence electrons. The maximum absolute atomic E-state index is 11.2. The zero-order valence-electron chi connectivity index (χ0n) is 9.64. The maximum Gasteiger partial charge on any atom is 0.511 e. The van der Waals surface area contributed by atoms with Gasteiger partial charge in [-0.3, -0.25) is 0 Å². The zero-order chi connectivity index (χ0) is 13.5. The Kier molecular flexibility index (Phi) is 4.96. The van der Waals surface area contributed by atoms with E-state index in [-0.39, 0.29) is 18.1 Å². The molecule has 0 amide bonds. The summed E-state index contributed by atoms with van der Waals surface area (Å²) in [6.07, 6.45) is -0.583. The number of rotatable bonds is 6. The summed E-state index contributed by atoms with van der Waals surface area (Å²) in [6.45, 7) is 1.43. The van der Waals surface area contributed by atoms with Crippen molar-refractivity contribution in [1.29, 1.82) is 0 Å². The van der Waals surface area contributed by atoms with Crippen molar-refractivity contribution in [2.45, 2.75) is 19.4 Å². The third kappa shape index (κ3) is 3.64. The quantitative estimate of drug-likeness (QED) is 0.178. The Hall–Kier alpha value is -2.26. The van der Waals surface area contributed by atoms with Crippen molar-refractivity contribution in [2.24, 2.45) is 5.28 Å². The predicted molar refractivity (Wildman–Crippen MR) is 52.9 cm³/mol. The molecular weight excluding hydrogens is 250 g/mol. The fourth-order valence-electron chi connectivity index (χ4n) is 1.18. The van der Waals surface area contributed by atoms with Gasteiger partial charge in [-0.25, -0.2) is 9.59 Å². The fraction of sp³-hybridized carbons (Fsp3) is 0.750. The highest BCUT2D eigenvalue weighted by Crippen LogP contribution is 2.17. The molecule has 0 aliphatic carbocycles. The van der Waals surface area contributed by atoms with E-state index in [1.165, 1.54) is 0 Å². The van der Waals surface area contributed by atoms with Crippen LogP contribution in [0.15, 0.2) is 5.28 Å². The molecule has 0 aromatic rings. The molecule has 1 saturated heterocycles. The highest BCUT2D eigenvalue weighted by atomic mass is 16.8. The Morgan fingerprint density at radius 3 is 2.78 bits per heavy atom. The minimum absolute atomic E-state index is 0.0107. The molecular formula is C8H13N3O7. The van der Waals surface area contributed by atoms with Crippen LogP contribution in [0.3, 0.4) is 0 Å². The van der Waals surface area contributed by atoms with E-state index >= 15 is 0 Å². The summed E-state index contributed by atoms with van der Waals surface area (Å²) in [5, 5.41) is 23.9. The third-order valence-corrected chi connectivity index (χ3v) is 2.12. The Labute approximate surface area is 102 Å². The summed E-state index contributed by atoms with van der Waals surface area (Å²) in [5.41, 5.74) is 0. The van der Waals surface area contributed by atoms with Gasteiger partial charge in [0.1, 0.15) is 0 Å². The molecule has 0 aromatic carbocycles. The molecule has 1 aliphatic heterocycles. The van der Waals surface area contributed by atoms with Crippen LogP contribution in [-0.2, 0) is 19.1 Å². The van der Waals surface area contributed by atoms with Gasteiger partial charge in [-0.05, 0) is 6.92 Å². The van der Waals surface area contributed by atoms with Crippen LogP contribution in [0.2, 0.25) is 0 Å². The molecule has 0 radical (unpaired) electrons. The second kappa shape index (κ2) is 6.47. The molecule has 10 heteroatoms. The summed E-state index contributed by atoms with van der Waals surface area (Å²) in [6, 6.07) is -0.902. The monoisotopic (exact) mass is 263 g/mol. The minimum atomic E-state index is -1.11. The number of carbonyl (C=O) groups is 2. The Morgan fingerprint density at radius 1 is 1.56 bits per heavy atom. The SMILES string of the molecule is CCOC(=O)OCON=[N+]([O-])N1CCC1C(=O)O. The number of nitrogens with zero attached hydrogens (tertiary/aromatic N) is 3. The number of carboxylic acid groups (broad SMARTS) is 1. The third-order valence-electron chi connectivity index (χ3n) is 2.12. The largest absolute Gasteiger partial charge is 0.569 e.